The number of hydrogen-bond acceptors (Lipinski definition) is 4. The maximum Gasteiger partial charge on any atom is 0.319 e. The number of urea groups is 1. The zero-order valence-electron chi connectivity index (χ0n) is 13.1. The van der Waals surface area contributed by atoms with Gasteiger partial charge in [0.25, 0.3) is 0 Å². The predicted molar refractivity (Wildman–Crippen MR) is 87.7 cm³/mol. The summed E-state index contributed by atoms with van der Waals surface area (Å²) in [7, 11) is -3.23. The van der Waals surface area contributed by atoms with E-state index in [2.05, 4.69) is 10.6 Å². The standard InChI is InChI=1S/C16H20N2O5S/c19-15(20)11-2-4-12(5-3-11)17-16(21)18-13-6-1-10-7-8-24(22,23)14(10)9-13/h1,6,9,11-12H,2-5,7-8H2,(H,19,20)(H2,17,18,21). The molecule has 1 heterocycles. The molecule has 1 fully saturated rings. The van der Waals surface area contributed by atoms with E-state index >= 15 is 0 Å². The Morgan fingerprint density at radius 2 is 1.83 bits per heavy atom. The van der Waals surface area contributed by atoms with E-state index in [0.29, 0.717) is 42.7 Å². The lowest BCUT2D eigenvalue weighted by Gasteiger charge is -2.26. The fourth-order valence-electron chi connectivity index (χ4n) is 3.32. The molecule has 0 atom stereocenters. The molecule has 0 saturated heterocycles. The van der Waals surface area contributed by atoms with Crippen LogP contribution < -0.4 is 10.6 Å². The average Bonchev–Trinajstić information content (AvgIpc) is 2.83. The molecule has 1 aliphatic heterocycles. The van der Waals surface area contributed by atoms with Crippen LogP contribution in [0.4, 0.5) is 10.5 Å². The maximum absolute atomic E-state index is 12.1. The number of carbonyl (C=O) groups is 2. The summed E-state index contributed by atoms with van der Waals surface area (Å²) in [5, 5.41) is 14.5. The molecule has 0 radical (unpaired) electrons. The highest BCUT2D eigenvalue weighted by atomic mass is 32.2. The van der Waals surface area contributed by atoms with Gasteiger partial charge in [-0.3, -0.25) is 4.79 Å². The predicted octanol–water partition coefficient (Wildman–Crippen LogP) is 1.78. The zero-order chi connectivity index (χ0) is 17.3. The first kappa shape index (κ1) is 16.8. The smallest absolute Gasteiger partial charge is 0.319 e. The monoisotopic (exact) mass is 352 g/mol. The molecular weight excluding hydrogens is 332 g/mol. The number of carboxylic acid groups (broad SMARTS) is 1. The minimum atomic E-state index is -3.23. The molecule has 1 aliphatic carbocycles. The van der Waals surface area contributed by atoms with Gasteiger partial charge in [-0.2, -0.15) is 0 Å². The summed E-state index contributed by atoms with van der Waals surface area (Å²) in [6.45, 7) is 0. The van der Waals surface area contributed by atoms with Crippen molar-refractivity contribution in [3.63, 3.8) is 0 Å². The average molecular weight is 352 g/mol. The number of carbonyl (C=O) groups excluding carboxylic acids is 1. The lowest BCUT2D eigenvalue weighted by molar-refractivity contribution is -0.142. The Labute approximate surface area is 140 Å². The van der Waals surface area contributed by atoms with Crippen molar-refractivity contribution in [2.45, 2.75) is 43.0 Å². The summed E-state index contributed by atoms with van der Waals surface area (Å²) in [4.78, 5) is 23.3. The van der Waals surface area contributed by atoms with Crippen LogP contribution >= 0.6 is 0 Å². The molecule has 7 nitrogen and oxygen atoms in total. The second kappa shape index (κ2) is 6.43. The van der Waals surface area contributed by atoms with Crippen molar-refractivity contribution in [1.29, 1.82) is 0 Å². The third kappa shape index (κ3) is 3.53. The van der Waals surface area contributed by atoms with Gasteiger partial charge in [-0.05, 0) is 49.8 Å². The molecule has 0 spiro atoms. The molecular formula is C16H20N2O5S. The van der Waals surface area contributed by atoms with Gasteiger partial charge in [0.15, 0.2) is 9.84 Å². The number of fused-ring (bicyclic) bond motifs is 1. The second-order valence-corrected chi connectivity index (χ2v) is 8.45. The number of amides is 2. The van der Waals surface area contributed by atoms with Crippen molar-refractivity contribution < 1.29 is 23.1 Å². The number of anilines is 1. The largest absolute Gasteiger partial charge is 0.481 e. The number of benzene rings is 1. The Balaban J connectivity index is 1.58. The molecule has 2 amide bonds. The fraction of sp³-hybridized carbons (Fsp3) is 0.500. The van der Waals surface area contributed by atoms with Gasteiger partial charge < -0.3 is 15.7 Å². The van der Waals surface area contributed by atoms with Crippen LogP contribution in [0.3, 0.4) is 0 Å². The van der Waals surface area contributed by atoms with E-state index in [0.717, 1.165) is 5.56 Å². The molecule has 1 saturated carbocycles. The number of carboxylic acids is 1. The lowest BCUT2D eigenvalue weighted by atomic mass is 9.86. The van der Waals surface area contributed by atoms with Crippen LogP contribution in [0.2, 0.25) is 0 Å². The Morgan fingerprint density at radius 1 is 1.12 bits per heavy atom. The van der Waals surface area contributed by atoms with Crippen molar-refractivity contribution in [2.24, 2.45) is 5.92 Å². The van der Waals surface area contributed by atoms with Crippen molar-refractivity contribution in [3.05, 3.63) is 23.8 Å². The second-order valence-electron chi connectivity index (χ2n) is 6.38. The van der Waals surface area contributed by atoms with E-state index in [9.17, 15) is 18.0 Å². The van der Waals surface area contributed by atoms with E-state index in [1.54, 1.807) is 12.1 Å². The molecule has 24 heavy (non-hydrogen) atoms. The van der Waals surface area contributed by atoms with Crippen molar-refractivity contribution in [1.82, 2.24) is 5.32 Å². The summed E-state index contributed by atoms with van der Waals surface area (Å²) in [5.74, 6) is -0.990. The molecule has 1 aromatic rings. The van der Waals surface area contributed by atoms with Gasteiger partial charge in [-0.1, -0.05) is 6.07 Å². The fourth-order valence-corrected chi connectivity index (χ4v) is 4.90. The Hall–Kier alpha value is -2.09. The molecule has 0 aromatic heterocycles. The van der Waals surface area contributed by atoms with Gasteiger partial charge >= 0.3 is 12.0 Å². The van der Waals surface area contributed by atoms with Crippen LogP contribution in [0.25, 0.3) is 0 Å². The SMILES string of the molecule is O=C(Nc1ccc2c(c1)S(=O)(=O)CC2)NC1CCC(C(=O)O)CC1. The van der Waals surface area contributed by atoms with E-state index in [1.807, 2.05) is 0 Å². The molecule has 1 aromatic carbocycles. The Bertz CT molecular complexity index is 767. The van der Waals surface area contributed by atoms with Crippen LogP contribution in [0, 0.1) is 5.92 Å². The highest BCUT2D eigenvalue weighted by Gasteiger charge is 2.28. The van der Waals surface area contributed by atoms with Crippen LogP contribution in [0.15, 0.2) is 23.1 Å². The first-order valence-corrected chi connectivity index (χ1v) is 9.66. The summed E-state index contributed by atoms with van der Waals surface area (Å²) in [5.41, 5.74) is 1.23. The number of rotatable bonds is 3. The van der Waals surface area contributed by atoms with Crippen molar-refractivity contribution in [3.8, 4) is 0 Å². The number of hydrogen-bond donors (Lipinski definition) is 3. The number of aliphatic carboxylic acids is 1. The van der Waals surface area contributed by atoms with E-state index in [1.165, 1.54) is 6.07 Å². The van der Waals surface area contributed by atoms with E-state index < -0.39 is 21.8 Å². The van der Waals surface area contributed by atoms with Crippen molar-refractivity contribution >= 4 is 27.5 Å². The highest BCUT2D eigenvalue weighted by Crippen LogP contribution is 2.28. The van der Waals surface area contributed by atoms with Gasteiger partial charge in [0, 0.05) is 11.7 Å². The van der Waals surface area contributed by atoms with Gasteiger partial charge in [0.05, 0.1) is 16.6 Å². The molecule has 8 heteroatoms. The number of nitrogens with one attached hydrogen (secondary N) is 2. The number of sulfone groups is 1. The molecule has 3 rings (SSSR count). The first-order chi connectivity index (χ1) is 11.3. The first-order valence-electron chi connectivity index (χ1n) is 8.01. The van der Waals surface area contributed by atoms with Crippen molar-refractivity contribution in [2.75, 3.05) is 11.1 Å². The summed E-state index contributed by atoms with van der Waals surface area (Å²) >= 11 is 0. The highest BCUT2D eigenvalue weighted by molar-refractivity contribution is 7.91. The van der Waals surface area contributed by atoms with Gasteiger partial charge in [-0.15, -0.1) is 0 Å². The Morgan fingerprint density at radius 3 is 2.50 bits per heavy atom. The zero-order valence-corrected chi connectivity index (χ0v) is 13.9. The molecule has 0 bridgehead atoms. The van der Waals surface area contributed by atoms with Crippen LogP contribution in [0.1, 0.15) is 31.2 Å². The van der Waals surface area contributed by atoms with Crippen LogP contribution in [-0.4, -0.2) is 37.3 Å². The van der Waals surface area contributed by atoms with Gasteiger partial charge in [-0.25, -0.2) is 13.2 Å². The summed E-state index contributed by atoms with van der Waals surface area (Å²) < 4.78 is 23.8. The lowest BCUT2D eigenvalue weighted by Crippen LogP contribution is -2.41. The molecule has 0 unspecified atom stereocenters. The van der Waals surface area contributed by atoms with Gasteiger partial charge in [0.2, 0.25) is 0 Å². The van der Waals surface area contributed by atoms with Crippen LogP contribution in [-0.2, 0) is 21.1 Å². The molecule has 3 N–H and O–H groups in total. The Kier molecular flexibility index (Phi) is 4.49. The minimum Gasteiger partial charge on any atom is -0.481 e. The van der Waals surface area contributed by atoms with Gasteiger partial charge in [0.1, 0.15) is 0 Å². The van der Waals surface area contributed by atoms with E-state index in [-0.39, 0.29) is 17.7 Å². The van der Waals surface area contributed by atoms with E-state index in [4.69, 9.17) is 5.11 Å². The maximum atomic E-state index is 12.1. The van der Waals surface area contributed by atoms with Crippen LogP contribution in [0.5, 0.6) is 0 Å². The summed E-state index contributed by atoms with van der Waals surface area (Å²) in [6, 6.07) is 4.47. The summed E-state index contributed by atoms with van der Waals surface area (Å²) in [6.07, 6.45) is 2.87. The quantitative estimate of drug-likeness (QED) is 0.767. The molecule has 130 valence electrons. The topological polar surface area (TPSA) is 113 Å². The number of aryl methyl sites for hydroxylation is 1. The third-order valence-electron chi connectivity index (χ3n) is 4.71. The minimum absolute atomic E-state index is 0.0567. The molecule has 2 aliphatic rings. The third-order valence-corrected chi connectivity index (χ3v) is 6.50. The normalized spacial score (nSPS) is 24.8.